The van der Waals surface area contributed by atoms with E-state index < -0.39 is 27.0 Å². The average molecular weight is 529 g/mol. The van der Waals surface area contributed by atoms with Gasteiger partial charge in [-0.2, -0.15) is 0 Å². The van der Waals surface area contributed by atoms with Crippen molar-refractivity contribution in [3.63, 3.8) is 0 Å². The van der Waals surface area contributed by atoms with Gasteiger partial charge in [-0.05, 0) is 30.6 Å². The van der Waals surface area contributed by atoms with Gasteiger partial charge in [0.25, 0.3) is 0 Å². The number of fused-ring (bicyclic) bond motifs is 2. The molecule has 5 unspecified atom stereocenters. The summed E-state index contributed by atoms with van der Waals surface area (Å²) < 4.78 is 26.2. The molecule has 12 heteroatoms. The molecule has 0 spiro atoms. The lowest BCUT2D eigenvalue weighted by atomic mass is 9.47. The molecule has 10 nitrogen and oxygen atoms in total. The van der Waals surface area contributed by atoms with Crippen molar-refractivity contribution in [2.24, 2.45) is 16.7 Å². The van der Waals surface area contributed by atoms with Crippen molar-refractivity contribution >= 4 is 38.3 Å². The first kappa shape index (κ1) is 26.3. The third kappa shape index (κ3) is 4.82. The van der Waals surface area contributed by atoms with Gasteiger partial charge in [-0.25, -0.2) is 13.4 Å². The summed E-state index contributed by atoms with van der Waals surface area (Å²) in [6.07, 6.45) is 2.38. The maximum atomic E-state index is 13.5. The molecule has 3 N–H and O–H groups in total. The van der Waals surface area contributed by atoms with E-state index in [4.69, 9.17) is 0 Å². The van der Waals surface area contributed by atoms with Crippen molar-refractivity contribution < 1.29 is 28.2 Å². The molecule has 5 atom stereocenters. The van der Waals surface area contributed by atoms with Gasteiger partial charge in [-0.1, -0.05) is 13.8 Å². The predicted octanol–water partition coefficient (Wildman–Crippen LogP) is 1.01. The van der Waals surface area contributed by atoms with E-state index in [2.05, 4.69) is 16.6 Å². The molecule has 2 amide bonds. The number of sulfonamides is 1. The predicted molar refractivity (Wildman–Crippen MR) is 133 cm³/mol. The van der Waals surface area contributed by atoms with E-state index >= 15 is 0 Å². The van der Waals surface area contributed by atoms with Crippen molar-refractivity contribution in [2.75, 3.05) is 43.8 Å². The van der Waals surface area contributed by atoms with Gasteiger partial charge in [-0.15, -0.1) is 11.3 Å². The van der Waals surface area contributed by atoms with Crippen LogP contribution in [0.3, 0.4) is 0 Å². The Hall–Kier alpha value is -1.76. The molecule has 1 saturated carbocycles. The minimum absolute atomic E-state index is 0.00167. The molecule has 2 heterocycles. The topological polar surface area (TPSA) is 140 Å². The number of nitrogens with zero attached hydrogens (tertiary/aromatic N) is 3. The number of aliphatic hydroxyl groups excluding tert-OH is 2. The van der Waals surface area contributed by atoms with E-state index in [0.29, 0.717) is 45.4 Å². The summed E-state index contributed by atoms with van der Waals surface area (Å²) in [6, 6.07) is 0. The fourth-order valence-corrected chi connectivity index (χ4v) is 8.33. The van der Waals surface area contributed by atoms with Gasteiger partial charge in [-0.3, -0.25) is 14.3 Å². The Morgan fingerprint density at radius 2 is 1.83 bits per heavy atom. The van der Waals surface area contributed by atoms with E-state index in [-0.39, 0.29) is 41.8 Å². The Kier molecular flexibility index (Phi) is 6.97. The molecule has 196 valence electrons. The van der Waals surface area contributed by atoms with E-state index in [1.54, 1.807) is 9.80 Å². The Bertz CT molecular complexity index is 1100. The molecule has 0 bridgehead atoms. The molecular formula is C23H36N4O6S2. The van der Waals surface area contributed by atoms with Gasteiger partial charge in [0, 0.05) is 55.7 Å². The largest absolute Gasteiger partial charge is 0.396 e. The summed E-state index contributed by atoms with van der Waals surface area (Å²) in [5.41, 5.74) is -0.405. The molecule has 1 aromatic heterocycles. The van der Waals surface area contributed by atoms with Crippen LogP contribution in [-0.4, -0.2) is 90.4 Å². The Morgan fingerprint density at radius 1 is 1.20 bits per heavy atom. The summed E-state index contributed by atoms with van der Waals surface area (Å²) in [7, 11) is -3.51. The number of hydrogen-bond donors (Lipinski definition) is 3. The molecule has 1 saturated heterocycles. The summed E-state index contributed by atoms with van der Waals surface area (Å²) in [5, 5.41) is 21.5. The first-order chi connectivity index (χ1) is 16.3. The summed E-state index contributed by atoms with van der Waals surface area (Å²) in [4.78, 5) is 34.2. The third-order valence-electron chi connectivity index (χ3n) is 8.62. The third-order valence-corrected chi connectivity index (χ3v) is 10.3. The van der Waals surface area contributed by atoms with Gasteiger partial charge >= 0.3 is 0 Å². The normalized spacial score (nSPS) is 33.1. The lowest BCUT2D eigenvalue weighted by molar-refractivity contribution is -0.149. The number of anilines is 1. The minimum Gasteiger partial charge on any atom is -0.396 e. The molecule has 1 aromatic rings. The van der Waals surface area contributed by atoms with Crippen molar-refractivity contribution in [1.82, 2.24) is 14.8 Å². The first-order valence-electron chi connectivity index (χ1n) is 12.1. The van der Waals surface area contributed by atoms with Crippen molar-refractivity contribution in [1.29, 1.82) is 0 Å². The zero-order valence-corrected chi connectivity index (χ0v) is 22.4. The van der Waals surface area contributed by atoms with Gasteiger partial charge in [0.1, 0.15) is 0 Å². The summed E-state index contributed by atoms with van der Waals surface area (Å²) >= 11 is 1.27. The second-order valence-electron chi connectivity index (χ2n) is 10.8. The van der Waals surface area contributed by atoms with Crippen LogP contribution in [0.1, 0.15) is 56.5 Å². The molecule has 3 aliphatic rings. The summed E-state index contributed by atoms with van der Waals surface area (Å²) in [5.74, 6) is -0.398. The lowest BCUT2D eigenvalue weighted by Crippen LogP contribution is -2.58. The number of aliphatic hydroxyl groups is 2. The van der Waals surface area contributed by atoms with Crippen LogP contribution in [0.5, 0.6) is 0 Å². The fourth-order valence-electron chi connectivity index (χ4n) is 6.42. The van der Waals surface area contributed by atoms with Crippen LogP contribution in [0.2, 0.25) is 0 Å². The first-order valence-corrected chi connectivity index (χ1v) is 14.8. The molecule has 1 aliphatic heterocycles. The SMILES string of the molecule is CC(=O)N1CCN(C(=O)CC2c3nc(NS(C)(=O)=O)sc3CC3C(C)(CO)C(O)CCC23C)CC1. The van der Waals surface area contributed by atoms with Gasteiger partial charge in [0.05, 0.1) is 24.7 Å². The van der Waals surface area contributed by atoms with E-state index in [1.807, 2.05) is 6.92 Å². The van der Waals surface area contributed by atoms with Crippen LogP contribution < -0.4 is 4.72 Å². The maximum Gasteiger partial charge on any atom is 0.231 e. The van der Waals surface area contributed by atoms with Crippen LogP contribution in [0.4, 0.5) is 5.13 Å². The van der Waals surface area contributed by atoms with Gasteiger partial charge < -0.3 is 20.0 Å². The fraction of sp³-hybridized carbons (Fsp3) is 0.783. The highest BCUT2D eigenvalue weighted by Crippen LogP contribution is 2.62. The van der Waals surface area contributed by atoms with E-state index in [0.717, 1.165) is 16.8 Å². The second kappa shape index (κ2) is 9.28. The van der Waals surface area contributed by atoms with Crippen molar-refractivity contribution in [3.05, 3.63) is 10.6 Å². The number of nitrogens with one attached hydrogen (secondary N) is 1. The molecule has 0 radical (unpaired) electrons. The second-order valence-corrected chi connectivity index (χ2v) is 13.7. The molecule has 2 aliphatic carbocycles. The Morgan fingerprint density at radius 3 is 2.40 bits per heavy atom. The van der Waals surface area contributed by atoms with Crippen molar-refractivity contribution in [2.45, 2.75) is 58.5 Å². The van der Waals surface area contributed by atoms with Crippen LogP contribution in [0.25, 0.3) is 0 Å². The van der Waals surface area contributed by atoms with Crippen molar-refractivity contribution in [3.8, 4) is 0 Å². The van der Waals surface area contributed by atoms with Crippen LogP contribution in [-0.2, 0) is 26.0 Å². The molecule has 0 aromatic carbocycles. The number of amides is 2. The molecule has 35 heavy (non-hydrogen) atoms. The Balaban J connectivity index is 1.68. The van der Waals surface area contributed by atoms with Crippen LogP contribution >= 0.6 is 11.3 Å². The highest BCUT2D eigenvalue weighted by atomic mass is 32.2. The summed E-state index contributed by atoms with van der Waals surface area (Å²) in [6.45, 7) is 7.34. The van der Waals surface area contributed by atoms with Gasteiger partial charge in [0.15, 0.2) is 5.13 Å². The van der Waals surface area contributed by atoms with Gasteiger partial charge in [0.2, 0.25) is 21.8 Å². The van der Waals surface area contributed by atoms with E-state index in [9.17, 15) is 28.2 Å². The number of carbonyl (C=O) groups is 2. The number of hydrogen-bond acceptors (Lipinski definition) is 8. The highest BCUT2D eigenvalue weighted by Gasteiger charge is 2.59. The molecule has 2 fully saturated rings. The molecule has 4 rings (SSSR count). The van der Waals surface area contributed by atoms with Crippen LogP contribution in [0.15, 0.2) is 0 Å². The number of carbonyl (C=O) groups excluding carboxylic acids is 2. The number of rotatable bonds is 5. The highest BCUT2D eigenvalue weighted by molar-refractivity contribution is 7.92. The van der Waals surface area contributed by atoms with E-state index in [1.165, 1.54) is 18.3 Å². The Labute approximate surface area is 210 Å². The minimum atomic E-state index is -3.51. The van der Waals surface area contributed by atoms with Crippen LogP contribution in [0, 0.1) is 16.7 Å². The molecular weight excluding hydrogens is 492 g/mol. The monoisotopic (exact) mass is 528 g/mol. The standard InChI is InChI=1S/C23H36N4O6S2/c1-14(29)26-7-9-27(10-8-26)19(31)11-15-20-16(34-21(24-20)25-35(4,32)33)12-17-22(15,2)6-5-18(30)23(17,3)13-28/h15,17-18,28,30H,5-13H2,1-4H3,(H,24,25). The number of thiazole rings is 1. The maximum absolute atomic E-state index is 13.5. The quantitative estimate of drug-likeness (QED) is 0.518. The number of aromatic nitrogens is 1. The zero-order chi connectivity index (χ0) is 25.8. The smallest absolute Gasteiger partial charge is 0.231 e. The average Bonchev–Trinajstić information content (AvgIpc) is 3.18. The number of piperazine rings is 1. The lowest BCUT2D eigenvalue weighted by Gasteiger charge is -2.58. The zero-order valence-electron chi connectivity index (χ0n) is 20.8.